The van der Waals surface area contributed by atoms with Gasteiger partial charge in [-0.2, -0.15) is 0 Å². The summed E-state index contributed by atoms with van der Waals surface area (Å²) in [5.41, 5.74) is 6.16. The van der Waals surface area contributed by atoms with Gasteiger partial charge in [-0.15, -0.1) is 0 Å². The van der Waals surface area contributed by atoms with Crippen LogP contribution in [0.5, 0.6) is 0 Å². The molecule has 0 spiro atoms. The first-order chi connectivity index (χ1) is 22.7. The van der Waals surface area contributed by atoms with E-state index in [1.165, 1.54) is 11.8 Å². The lowest BCUT2D eigenvalue weighted by Gasteiger charge is -2.25. The lowest BCUT2D eigenvalue weighted by atomic mass is 10.0. The maximum Gasteiger partial charge on any atom is 0.407 e. The smallest absolute Gasteiger partial charge is 0.407 e. The van der Waals surface area contributed by atoms with Gasteiger partial charge in [0.05, 0.1) is 6.04 Å². The lowest BCUT2D eigenvalue weighted by molar-refractivity contribution is -0.136. The molecule has 7 N–H and O–H groups in total. The average Bonchev–Trinajstić information content (AvgIpc) is 3.53. The number of ketones is 1. The van der Waals surface area contributed by atoms with Gasteiger partial charge in [0.25, 0.3) is 0 Å². The number of amides is 7. The van der Waals surface area contributed by atoms with E-state index in [0.29, 0.717) is 43.0 Å². The number of hydrogen-bond acceptors (Lipinski definition) is 8. The van der Waals surface area contributed by atoms with Gasteiger partial charge in [-0.1, -0.05) is 39.8 Å². The molecule has 1 aliphatic heterocycles. The number of anilines is 1. The zero-order valence-electron chi connectivity index (χ0n) is 28.6. The first-order valence-electron chi connectivity index (χ1n) is 16.4. The van der Waals surface area contributed by atoms with Crippen molar-refractivity contribution in [1.82, 2.24) is 26.2 Å². The molecule has 266 valence electrons. The zero-order valence-corrected chi connectivity index (χ0v) is 28.6. The van der Waals surface area contributed by atoms with E-state index >= 15 is 0 Å². The van der Waals surface area contributed by atoms with Crippen molar-refractivity contribution < 1.29 is 38.3 Å². The molecule has 1 saturated heterocycles. The number of benzene rings is 1. The number of carbonyl (C=O) groups is 7. The molecule has 0 unspecified atom stereocenters. The summed E-state index contributed by atoms with van der Waals surface area (Å²) >= 11 is 0. The van der Waals surface area contributed by atoms with Crippen LogP contribution in [0.2, 0.25) is 0 Å². The number of hydrogen-bond donors (Lipinski definition) is 6. The predicted molar refractivity (Wildman–Crippen MR) is 178 cm³/mol. The van der Waals surface area contributed by atoms with Crippen molar-refractivity contribution in [3.8, 4) is 0 Å². The van der Waals surface area contributed by atoms with E-state index in [0.717, 1.165) is 6.42 Å². The highest BCUT2D eigenvalue weighted by Gasteiger charge is 2.32. The normalized spacial score (nSPS) is 15.3. The largest absolute Gasteiger partial charge is 0.445 e. The highest BCUT2D eigenvalue weighted by Crippen LogP contribution is 2.18. The van der Waals surface area contributed by atoms with Crippen LogP contribution in [0.1, 0.15) is 78.7 Å². The maximum absolute atomic E-state index is 13.3. The maximum atomic E-state index is 13.3. The third kappa shape index (κ3) is 14.0. The molecule has 1 aromatic rings. The molecule has 0 aliphatic carbocycles. The van der Waals surface area contributed by atoms with Gasteiger partial charge in [0.2, 0.25) is 23.6 Å². The topological polar surface area (TPSA) is 218 Å². The molecule has 0 bridgehead atoms. The quantitative estimate of drug-likeness (QED) is 0.126. The number of nitrogens with two attached hydrogens (primary N) is 1. The van der Waals surface area contributed by atoms with E-state index in [-0.39, 0.29) is 56.1 Å². The Morgan fingerprint density at radius 2 is 1.62 bits per heavy atom. The molecular formula is C33H51N7O8. The molecule has 15 nitrogen and oxygen atoms in total. The van der Waals surface area contributed by atoms with Crippen molar-refractivity contribution in [2.75, 3.05) is 25.0 Å². The Balaban J connectivity index is 1.95. The molecule has 0 aromatic heterocycles. The monoisotopic (exact) mass is 673 g/mol. The first kappa shape index (κ1) is 39.5. The van der Waals surface area contributed by atoms with Crippen molar-refractivity contribution in [2.45, 2.75) is 97.9 Å². The van der Waals surface area contributed by atoms with Crippen LogP contribution in [-0.4, -0.2) is 84.2 Å². The number of ether oxygens (including phenoxy) is 1. The number of likely N-dealkylation sites (tertiary alicyclic amines) is 1. The molecule has 1 aliphatic rings. The predicted octanol–water partition coefficient (Wildman–Crippen LogP) is 1.94. The van der Waals surface area contributed by atoms with Gasteiger partial charge in [-0.25, -0.2) is 9.59 Å². The minimum atomic E-state index is -0.985. The Labute approximate surface area is 281 Å². The van der Waals surface area contributed by atoms with Crippen molar-refractivity contribution in [2.24, 2.45) is 17.6 Å². The van der Waals surface area contributed by atoms with E-state index in [1.54, 1.807) is 38.1 Å². The third-order valence-electron chi connectivity index (χ3n) is 7.83. The van der Waals surface area contributed by atoms with Gasteiger partial charge >= 0.3 is 12.1 Å². The standard InChI is InChI=1S/C33H51N7O8/c1-20(2)10-15-27(42)39-29(21(3)4)31(45)38-25(8-6-16-35-32(34)46)30(44)37-24-13-11-23(12-14-24)19-48-33(47)36-18-28(43)40-17-7-9-26(40)22(5)41/h11-14,20-21,25-26,29H,6-10,15-19H2,1-5H3,(H,36,47)(H,37,44)(H,38,45)(H,39,42)(H3,34,35,46)/t25-,26+,29-/m0/s1. The summed E-state index contributed by atoms with van der Waals surface area (Å²) in [6.07, 6.45) is 2.04. The van der Waals surface area contributed by atoms with Crippen molar-refractivity contribution >= 4 is 47.2 Å². The molecule has 48 heavy (non-hydrogen) atoms. The van der Waals surface area contributed by atoms with E-state index in [1.807, 2.05) is 13.8 Å². The molecule has 0 saturated carbocycles. The van der Waals surface area contributed by atoms with Gasteiger partial charge in [-0.3, -0.25) is 24.0 Å². The van der Waals surface area contributed by atoms with Gasteiger partial charge in [-0.05, 0) is 68.6 Å². The van der Waals surface area contributed by atoms with E-state index in [9.17, 15) is 33.6 Å². The van der Waals surface area contributed by atoms with Crippen LogP contribution in [0.3, 0.4) is 0 Å². The Bertz CT molecular complexity index is 1290. The van der Waals surface area contributed by atoms with Crippen molar-refractivity contribution in [3.05, 3.63) is 29.8 Å². The molecule has 0 radical (unpaired) electrons. The Kier molecular flexibility index (Phi) is 16.3. The SMILES string of the molecule is CC(=O)[C@H]1CCCN1C(=O)CNC(=O)OCc1ccc(NC(=O)[C@H](CCCNC(N)=O)NC(=O)[C@@H](NC(=O)CCC(C)C)C(C)C)cc1. The molecule has 2 rings (SSSR count). The van der Waals surface area contributed by atoms with Crippen LogP contribution in [0.15, 0.2) is 24.3 Å². The Morgan fingerprint density at radius 1 is 0.938 bits per heavy atom. The van der Waals surface area contributed by atoms with Crippen LogP contribution in [0, 0.1) is 11.8 Å². The summed E-state index contributed by atoms with van der Waals surface area (Å²) in [5, 5.41) is 13.2. The molecular weight excluding hydrogens is 622 g/mol. The summed E-state index contributed by atoms with van der Waals surface area (Å²) in [4.78, 5) is 87.9. The lowest BCUT2D eigenvalue weighted by Crippen LogP contribution is -2.54. The number of Topliss-reactive ketones (excluding diaryl/α,β-unsaturated/α-hetero) is 1. The second-order valence-electron chi connectivity index (χ2n) is 12.7. The fourth-order valence-corrected chi connectivity index (χ4v) is 5.10. The van der Waals surface area contributed by atoms with Crippen LogP contribution in [-0.2, 0) is 35.3 Å². The van der Waals surface area contributed by atoms with Gasteiger partial charge in [0, 0.05) is 25.2 Å². The van der Waals surface area contributed by atoms with Crippen LogP contribution in [0.4, 0.5) is 15.3 Å². The molecule has 1 aromatic carbocycles. The highest BCUT2D eigenvalue weighted by molar-refractivity contribution is 5.98. The molecule has 15 heteroatoms. The summed E-state index contributed by atoms with van der Waals surface area (Å²) < 4.78 is 5.19. The number of primary amides is 1. The van der Waals surface area contributed by atoms with Crippen LogP contribution >= 0.6 is 0 Å². The number of urea groups is 1. The average molecular weight is 674 g/mol. The van der Waals surface area contributed by atoms with E-state index in [4.69, 9.17) is 10.5 Å². The van der Waals surface area contributed by atoms with Gasteiger partial charge in [0.1, 0.15) is 25.2 Å². The minimum Gasteiger partial charge on any atom is -0.445 e. The fraction of sp³-hybridized carbons (Fsp3) is 0.606. The summed E-state index contributed by atoms with van der Waals surface area (Å²) in [6.45, 7) is 9.33. The zero-order chi connectivity index (χ0) is 35.8. The van der Waals surface area contributed by atoms with Gasteiger partial charge in [0.15, 0.2) is 5.78 Å². The van der Waals surface area contributed by atoms with E-state index < -0.39 is 42.1 Å². The number of rotatable bonds is 18. The molecule has 7 amide bonds. The van der Waals surface area contributed by atoms with E-state index in [2.05, 4.69) is 26.6 Å². The van der Waals surface area contributed by atoms with Crippen molar-refractivity contribution in [3.63, 3.8) is 0 Å². The number of carbonyl (C=O) groups excluding carboxylic acids is 7. The fourth-order valence-electron chi connectivity index (χ4n) is 5.10. The second-order valence-corrected chi connectivity index (χ2v) is 12.7. The molecule has 1 fully saturated rings. The third-order valence-corrected chi connectivity index (χ3v) is 7.83. The van der Waals surface area contributed by atoms with Crippen LogP contribution in [0.25, 0.3) is 0 Å². The minimum absolute atomic E-state index is 0.0847. The van der Waals surface area contributed by atoms with Crippen molar-refractivity contribution in [1.29, 1.82) is 0 Å². The summed E-state index contributed by atoms with van der Waals surface area (Å²) in [5.74, 6) is -1.60. The molecule has 1 heterocycles. The number of nitrogens with one attached hydrogen (secondary N) is 5. The van der Waals surface area contributed by atoms with Gasteiger partial charge < -0.3 is 42.0 Å². The molecule has 3 atom stereocenters. The first-order valence-corrected chi connectivity index (χ1v) is 16.4. The van der Waals surface area contributed by atoms with Crippen LogP contribution < -0.4 is 32.3 Å². The summed E-state index contributed by atoms with van der Waals surface area (Å²) in [6, 6.07) is 3.49. The number of alkyl carbamates (subject to hydrolysis) is 1. The second kappa shape index (κ2) is 19.9. The number of nitrogens with zero attached hydrogens (tertiary/aromatic N) is 1. The highest BCUT2D eigenvalue weighted by atomic mass is 16.5. The Hall–Kier alpha value is -4.69. The summed E-state index contributed by atoms with van der Waals surface area (Å²) in [7, 11) is 0. The Morgan fingerprint density at radius 3 is 2.23 bits per heavy atom.